The molecule has 0 atom stereocenters. The molecule has 0 amide bonds. The van der Waals surface area contributed by atoms with Gasteiger partial charge >= 0.3 is 0 Å². The van der Waals surface area contributed by atoms with Crippen LogP contribution in [0.25, 0.3) is 11.0 Å². The summed E-state index contributed by atoms with van der Waals surface area (Å²) < 4.78 is 2.16. The van der Waals surface area contributed by atoms with Gasteiger partial charge in [0.05, 0.1) is 6.54 Å². The highest BCUT2D eigenvalue weighted by Gasteiger charge is 2.10. The van der Waals surface area contributed by atoms with Gasteiger partial charge in [0, 0.05) is 29.3 Å². The molecule has 0 saturated carbocycles. The van der Waals surface area contributed by atoms with Gasteiger partial charge in [-0.1, -0.05) is 29.8 Å². The molecule has 2 aromatic heterocycles. The molecule has 102 valence electrons. The summed E-state index contributed by atoms with van der Waals surface area (Å²) in [4.78, 5) is 4.50. The molecule has 1 N–H and O–H groups in total. The number of pyridine rings is 1. The Hall–Kier alpha value is -1.84. The Morgan fingerprint density at radius 2 is 2.00 bits per heavy atom. The maximum Gasteiger partial charge on any atom is 0.140 e. The molecule has 4 heteroatoms. The molecular formula is C16H16ClN3. The van der Waals surface area contributed by atoms with Crippen LogP contribution in [-0.2, 0) is 13.1 Å². The second-order valence-corrected chi connectivity index (χ2v) is 5.19. The number of halogens is 1. The minimum Gasteiger partial charge on any atom is -0.328 e. The van der Waals surface area contributed by atoms with Crippen LogP contribution in [0.1, 0.15) is 11.1 Å². The monoisotopic (exact) mass is 285 g/mol. The van der Waals surface area contributed by atoms with Gasteiger partial charge in [-0.15, -0.1) is 0 Å². The van der Waals surface area contributed by atoms with Crippen LogP contribution in [0.4, 0.5) is 0 Å². The molecule has 20 heavy (non-hydrogen) atoms. The van der Waals surface area contributed by atoms with Gasteiger partial charge in [0.25, 0.3) is 0 Å². The maximum atomic E-state index is 6.25. The predicted octanol–water partition coefficient (Wildman–Crippen LogP) is 3.46. The van der Waals surface area contributed by atoms with Gasteiger partial charge in [0.15, 0.2) is 0 Å². The van der Waals surface area contributed by atoms with E-state index in [9.17, 15) is 0 Å². The first-order valence-corrected chi connectivity index (χ1v) is 6.98. The Morgan fingerprint density at radius 3 is 2.80 bits per heavy atom. The number of benzene rings is 1. The van der Waals surface area contributed by atoms with Crippen molar-refractivity contribution in [2.75, 3.05) is 7.05 Å². The second kappa shape index (κ2) is 5.65. The van der Waals surface area contributed by atoms with Crippen molar-refractivity contribution in [3.63, 3.8) is 0 Å². The molecule has 3 nitrogen and oxygen atoms in total. The van der Waals surface area contributed by atoms with E-state index in [4.69, 9.17) is 11.6 Å². The summed E-state index contributed by atoms with van der Waals surface area (Å²) in [5.74, 6) is 0. The number of nitrogens with zero attached hydrogens (tertiary/aromatic N) is 2. The average molecular weight is 286 g/mol. The third-order valence-electron chi connectivity index (χ3n) is 3.38. The number of fused-ring (bicyclic) bond motifs is 1. The highest BCUT2D eigenvalue weighted by Crippen LogP contribution is 2.22. The van der Waals surface area contributed by atoms with Gasteiger partial charge in [0.1, 0.15) is 5.65 Å². The van der Waals surface area contributed by atoms with E-state index in [0.717, 1.165) is 29.3 Å². The predicted molar refractivity (Wildman–Crippen MR) is 83.1 cm³/mol. The van der Waals surface area contributed by atoms with E-state index in [1.807, 2.05) is 37.5 Å². The Bertz CT molecular complexity index is 733. The zero-order valence-electron chi connectivity index (χ0n) is 11.3. The van der Waals surface area contributed by atoms with Gasteiger partial charge in [-0.2, -0.15) is 0 Å². The van der Waals surface area contributed by atoms with Crippen molar-refractivity contribution < 1.29 is 0 Å². The molecule has 0 bridgehead atoms. The zero-order valence-corrected chi connectivity index (χ0v) is 12.1. The molecule has 3 aromatic rings. The van der Waals surface area contributed by atoms with Crippen LogP contribution in [0.15, 0.2) is 48.8 Å². The van der Waals surface area contributed by atoms with E-state index in [0.29, 0.717) is 0 Å². The third-order valence-corrected chi connectivity index (χ3v) is 3.75. The van der Waals surface area contributed by atoms with E-state index < -0.39 is 0 Å². The molecule has 2 heterocycles. The summed E-state index contributed by atoms with van der Waals surface area (Å²) in [6.45, 7) is 1.56. The van der Waals surface area contributed by atoms with Crippen molar-refractivity contribution in [2.45, 2.75) is 13.1 Å². The van der Waals surface area contributed by atoms with Crippen molar-refractivity contribution in [3.05, 3.63) is 64.9 Å². The fraction of sp³-hybridized carbons (Fsp3) is 0.188. The lowest BCUT2D eigenvalue weighted by atomic mass is 10.2. The summed E-state index contributed by atoms with van der Waals surface area (Å²) in [6.07, 6.45) is 3.98. The van der Waals surface area contributed by atoms with Gasteiger partial charge < -0.3 is 9.88 Å². The average Bonchev–Trinajstić information content (AvgIpc) is 2.81. The molecule has 3 rings (SSSR count). The summed E-state index contributed by atoms with van der Waals surface area (Å²) in [5, 5.41) is 5.18. The first kappa shape index (κ1) is 13.2. The van der Waals surface area contributed by atoms with Gasteiger partial charge in [-0.3, -0.25) is 0 Å². The molecule has 0 aliphatic rings. The number of aromatic nitrogens is 2. The van der Waals surface area contributed by atoms with Crippen LogP contribution >= 0.6 is 11.6 Å². The fourth-order valence-corrected chi connectivity index (χ4v) is 2.65. The maximum absolute atomic E-state index is 6.25. The Kier molecular flexibility index (Phi) is 3.72. The van der Waals surface area contributed by atoms with Crippen LogP contribution in [0.2, 0.25) is 5.02 Å². The first-order chi connectivity index (χ1) is 9.79. The van der Waals surface area contributed by atoms with Gasteiger partial charge in [-0.05, 0) is 36.4 Å². The summed E-state index contributed by atoms with van der Waals surface area (Å²) in [5.41, 5.74) is 3.35. The van der Waals surface area contributed by atoms with Crippen molar-refractivity contribution >= 4 is 22.6 Å². The Balaban J connectivity index is 2.05. The minimum absolute atomic E-state index is 0.733. The topological polar surface area (TPSA) is 29.9 Å². The normalized spacial score (nSPS) is 11.1. The van der Waals surface area contributed by atoms with Gasteiger partial charge in [-0.25, -0.2) is 4.98 Å². The number of hydrogen-bond donors (Lipinski definition) is 1. The van der Waals surface area contributed by atoms with Crippen molar-refractivity contribution in [2.24, 2.45) is 0 Å². The molecule has 0 radical (unpaired) electrons. The van der Waals surface area contributed by atoms with Crippen LogP contribution in [0.3, 0.4) is 0 Å². The fourth-order valence-electron chi connectivity index (χ4n) is 2.46. The van der Waals surface area contributed by atoms with E-state index in [1.165, 1.54) is 10.9 Å². The van der Waals surface area contributed by atoms with Crippen LogP contribution in [0.5, 0.6) is 0 Å². The summed E-state index contributed by atoms with van der Waals surface area (Å²) in [7, 11) is 1.95. The Labute approximate surface area is 123 Å². The standard InChI is InChI=1S/C16H16ClN3/c1-18-9-13-11-20(16-14(13)6-4-8-19-16)10-12-5-2-3-7-15(12)17/h2-8,11,18H,9-10H2,1H3. The van der Waals surface area contributed by atoms with Crippen LogP contribution in [0, 0.1) is 0 Å². The highest BCUT2D eigenvalue weighted by molar-refractivity contribution is 6.31. The van der Waals surface area contributed by atoms with Crippen molar-refractivity contribution in [1.82, 2.24) is 14.9 Å². The smallest absolute Gasteiger partial charge is 0.140 e. The van der Waals surface area contributed by atoms with Gasteiger partial charge in [0.2, 0.25) is 0 Å². The minimum atomic E-state index is 0.733. The lowest BCUT2D eigenvalue weighted by Crippen LogP contribution is -2.04. The second-order valence-electron chi connectivity index (χ2n) is 4.78. The molecule has 1 aromatic carbocycles. The number of hydrogen-bond acceptors (Lipinski definition) is 2. The first-order valence-electron chi connectivity index (χ1n) is 6.60. The zero-order chi connectivity index (χ0) is 13.9. The van der Waals surface area contributed by atoms with Crippen molar-refractivity contribution in [3.8, 4) is 0 Å². The SMILES string of the molecule is CNCc1cn(Cc2ccccc2Cl)c2ncccc12. The third kappa shape index (κ3) is 2.42. The summed E-state index contributed by atoms with van der Waals surface area (Å²) in [6, 6.07) is 12.0. The van der Waals surface area contributed by atoms with E-state index in [2.05, 4.69) is 33.2 Å². The molecule has 0 fully saturated rings. The molecule has 0 aliphatic carbocycles. The van der Waals surface area contributed by atoms with E-state index in [1.54, 1.807) is 0 Å². The largest absolute Gasteiger partial charge is 0.328 e. The summed E-state index contributed by atoms with van der Waals surface area (Å²) >= 11 is 6.25. The van der Waals surface area contributed by atoms with E-state index >= 15 is 0 Å². The number of nitrogens with one attached hydrogen (secondary N) is 1. The van der Waals surface area contributed by atoms with Crippen molar-refractivity contribution in [1.29, 1.82) is 0 Å². The van der Waals surface area contributed by atoms with Crippen LogP contribution in [-0.4, -0.2) is 16.6 Å². The highest BCUT2D eigenvalue weighted by atomic mass is 35.5. The quantitative estimate of drug-likeness (QED) is 0.796. The molecule has 0 aliphatic heterocycles. The molecule has 0 saturated heterocycles. The lowest BCUT2D eigenvalue weighted by Gasteiger charge is -2.06. The lowest BCUT2D eigenvalue weighted by molar-refractivity contribution is 0.792. The molecular weight excluding hydrogens is 270 g/mol. The van der Waals surface area contributed by atoms with E-state index in [-0.39, 0.29) is 0 Å². The number of rotatable bonds is 4. The Morgan fingerprint density at radius 1 is 1.15 bits per heavy atom. The molecule has 0 unspecified atom stereocenters. The van der Waals surface area contributed by atoms with Crippen LogP contribution < -0.4 is 5.32 Å². The molecule has 0 spiro atoms.